The number of thiazole rings is 1. The van der Waals surface area contributed by atoms with Gasteiger partial charge < -0.3 is 10.1 Å². The number of nitrogens with two attached hydrogens (primary N) is 1. The SMILES string of the molecule is CCc1cnc(CN=C(NN)NCCCOC)s1. The molecule has 1 rings (SSSR count). The molecule has 0 aromatic carbocycles. The Morgan fingerprint density at radius 2 is 2.44 bits per heavy atom. The van der Waals surface area contributed by atoms with E-state index in [1.165, 1.54) is 4.88 Å². The van der Waals surface area contributed by atoms with Crippen LogP contribution in [0.1, 0.15) is 23.2 Å². The maximum Gasteiger partial charge on any atom is 0.206 e. The first kappa shape index (κ1) is 14.9. The molecule has 0 aliphatic carbocycles. The zero-order valence-electron chi connectivity index (χ0n) is 10.9. The van der Waals surface area contributed by atoms with Crippen LogP contribution in [-0.2, 0) is 17.7 Å². The molecule has 4 N–H and O–H groups in total. The first-order valence-corrected chi connectivity index (χ1v) is 6.79. The van der Waals surface area contributed by atoms with Crippen molar-refractivity contribution in [1.29, 1.82) is 0 Å². The van der Waals surface area contributed by atoms with E-state index in [0.717, 1.165) is 31.0 Å². The molecule has 1 aromatic heterocycles. The molecule has 1 heterocycles. The zero-order valence-corrected chi connectivity index (χ0v) is 11.7. The summed E-state index contributed by atoms with van der Waals surface area (Å²) in [6.07, 6.45) is 3.82. The standard InChI is InChI=1S/C11H21N5OS/c1-3-9-7-14-10(18-9)8-15-11(16-12)13-5-4-6-17-2/h7H,3-6,8,12H2,1-2H3,(H2,13,15,16). The van der Waals surface area contributed by atoms with E-state index in [4.69, 9.17) is 10.6 Å². The lowest BCUT2D eigenvalue weighted by atomic mass is 10.4. The second-order valence-electron chi connectivity index (χ2n) is 3.66. The fraction of sp³-hybridized carbons (Fsp3) is 0.636. The molecule has 102 valence electrons. The molecule has 0 unspecified atom stereocenters. The van der Waals surface area contributed by atoms with Crippen molar-refractivity contribution in [2.24, 2.45) is 10.8 Å². The van der Waals surface area contributed by atoms with Crippen LogP contribution in [0.3, 0.4) is 0 Å². The van der Waals surface area contributed by atoms with Crippen LogP contribution in [0.5, 0.6) is 0 Å². The summed E-state index contributed by atoms with van der Waals surface area (Å²) in [6.45, 7) is 4.15. The average Bonchev–Trinajstić information content (AvgIpc) is 2.86. The summed E-state index contributed by atoms with van der Waals surface area (Å²) >= 11 is 1.68. The smallest absolute Gasteiger partial charge is 0.206 e. The van der Waals surface area contributed by atoms with Crippen LogP contribution in [0.2, 0.25) is 0 Å². The molecule has 1 aromatic rings. The van der Waals surface area contributed by atoms with E-state index in [-0.39, 0.29) is 0 Å². The van der Waals surface area contributed by atoms with Gasteiger partial charge in [0.15, 0.2) is 0 Å². The van der Waals surface area contributed by atoms with Crippen LogP contribution < -0.4 is 16.6 Å². The third kappa shape index (κ3) is 5.44. The van der Waals surface area contributed by atoms with Gasteiger partial charge in [0.05, 0.1) is 6.54 Å². The summed E-state index contributed by atoms with van der Waals surface area (Å²) < 4.78 is 4.96. The molecule has 0 amide bonds. The van der Waals surface area contributed by atoms with Gasteiger partial charge in [0.25, 0.3) is 0 Å². The molecule has 0 fully saturated rings. The lowest BCUT2D eigenvalue weighted by Crippen LogP contribution is -2.42. The van der Waals surface area contributed by atoms with Crippen molar-refractivity contribution in [2.45, 2.75) is 26.3 Å². The largest absolute Gasteiger partial charge is 0.385 e. The van der Waals surface area contributed by atoms with E-state index in [2.05, 4.69) is 27.6 Å². The molecule has 0 bridgehead atoms. The summed E-state index contributed by atoms with van der Waals surface area (Å²) in [5, 5.41) is 4.10. The summed E-state index contributed by atoms with van der Waals surface area (Å²) in [4.78, 5) is 9.91. The minimum Gasteiger partial charge on any atom is -0.385 e. The number of hydrogen-bond donors (Lipinski definition) is 3. The van der Waals surface area contributed by atoms with E-state index < -0.39 is 0 Å². The maximum atomic E-state index is 5.39. The van der Waals surface area contributed by atoms with E-state index in [1.807, 2.05) is 6.20 Å². The second-order valence-corrected chi connectivity index (χ2v) is 4.86. The molecule has 0 radical (unpaired) electrons. The highest BCUT2D eigenvalue weighted by Crippen LogP contribution is 2.13. The van der Waals surface area contributed by atoms with Crippen molar-refractivity contribution in [3.8, 4) is 0 Å². The zero-order chi connectivity index (χ0) is 13.2. The van der Waals surface area contributed by atoms with Crippen molar-refractivity contribution >= 4 is 17.3 Å². The third-order valence-corrected chi connectivity index (χ3v) is 3.40. The summed E-state index contributed by atoms with van der Waals surface area (Å²) in [5.74, 6) is 5.97. The van der Waals surface area contributed by atoms with Gasteiger partial charge in [0.1, 0.15) is 5.01 Å². The van der Waals surface area contributed by atoms with Crippen molar-refractivity contribution < 1.29 is 4.74 Å². The topological polar surface area (TPSA) is 84.6 Å². The van der Waals surface area contributed by atoms with Crippen LogP contribution in [-0.4, -0.2) is 31.2 Å². The van der Waals surface area contributed by atoms with Crippen LogP contribution in [0, 0.1) is 0 Å². The lowest BCUT2D eigenvalue weighted by Gasteiger charge is -2.08. The molecule has 0 saturated carbocycles. The molecule has 7 heteroatoms. The molecule has 18 heavy (non-hydrogen) atoms. The Bertz CT molecular complexity index is 366. The highest BCUT2D eigenvalue weighted by Gasteiger charge is 2.00. The van der Waals surface area contributed by atoms with Gasteiger partial charge in [-0.2, -0.15) is 0 Å². The molecule has 0 aliphatic rings. The van der Waals surface area contributed by atoms with Crippen molar-refractivity contribution in [1.82, 2.24) is 15.7 Å². The van der Waals surface area contributed by atoms with Crippen LogP contribution in [0.15, 0.2) is 11.2 Å². The molecule has 0 saturated heterocycles. The number of nitrogens with one attached hydrogen (secondary N) is 2. The normalized spacial score (nSPS) is 11.6. The summed E-state index contributed by atoms with van der Waals surface area (Å²) in [6, 6.07) is 0. The fourth-order valence-corrected chi connectivity index (χ4v) is 2.09. The van der Waals surface area contributed by atoms with Crippen LogP contribution in [0.4, 0.5) is 0 Å². The number of methoxy groups -OCH3 is 1. The first-order valence-electron chi connectivity index (χ1n) is 5.97. The van der Waals surface area contributed by atoms with Gasteiger partial charge in [-0.15, -0.1) is 11.3 Å². The van der Waals surface area contributed by atoms with Gasteiger partial charge in [0, 0.05) is 31.3 Å². The molecular formula is C11H21N5OS. The van der Waals surface area contributed by atoms with E-state index in [1.54, 1.807) is 18.4 Å². The Labute approximate surface area is 112 Å². The van der Waals surface area contributed by atoms with Crippen LogP contribution >= 0.6 is 11.3 Å². The van der Waals surface area contributed by atoms with Gasteiger partial charge in [-0.3, -0.25) is 5.43 Å². The minimum absolute atomic E-state index is 0.543. The van der Waals surface area contributed by atoms with Crippen molar-refractivity contribution in [2.75, 3.05) is 20.3 Å². The number of aryl methyl sites for hydroxylation is 1. The van der Waals surface area contributed by atoms with Gasteiger partial charge in [0.2, 0.25) is 5.96 Å². The summed E-state index contributed by atoms with van der Waals surface area (Å²) in [5.41, 5.74) is 2.54. The predicted octanol–water partition coefficient (Wildman–Crippen LogP) is 0.651. The number of guanidine groups is 1. The van der Waals surface area contributed by atoms with Gasteiger partial charge >= 0.3 is 0 Å². The molecule has 0 spiro atoms. The van der Waals surface area contributed by atoms with E-state index in [9.17, 15) is 0 Å². The van der Waals surface area contributed by atoms with Gasteiger partial charge in [-0.25, -0.2) is 15.8 Å². The minimum atomic E-state index is 0.543. The van der Waals surface area contributed by atoms with Crippen LogP contribution in [0.25, 0.3) is 0 Å². The van der Waals surface area contributed by atoms with E-state index in [0.29, 0.717) is 12.5 Å². The fourth-order valence-electron chi connectivity index (χ4n) is 1.31. The number of aromatic nitrogens is 1. The predicted molar refractivity (Wildman–Crippen MR) is 74.4 cm³/mol. The number of hydrogen-bond acceptors (Lipinski definition) is 5. The molecular weight excluding hydrogens is 250 g/mol. The highest BCUT2D eigenvalue weighted by molar-refractivity contribution is 7.11. The van der Waals surface area contributed by atoms with Gasteiger partial charge in [-0.1, -0.05) is 6.92 Å². The van der Waals surface area contributed by atoms with Crippen molar-refractivity contribution in [3.63, 3.8) is 0 Å². The Morgan fingerprint density at radius 3 is 3.06 bits per heavy atom. The number of hydrazine groups is 1. The Morgan fingerprint density at radius 1 is 1.61 bits per heavy atom. The molecule has 0 atom stereocenters. The third-order valence-electron chi connectivity index (χ3n) is 2.28. The number of aliphatic imine (C=N–C) groups is 1. The van der Waals surface area contributed by atoms with Gasteiger partial charge in [-0.05, 0) is 12.8 Å². The number of rotatable bonds is 7. The molecule has 6 nitrogen and oxygen atoms in total. The van der Waals surface area contributed by atoms with E-state index >= 15 is 0 Å². The highest BCUT2D eigenvalue weighted by atomic mass is 32.1. The lowest BCUT2D eigenvalue weighted by molar-refractivity contribution is 0.195. The first-order chi connectivity index (χ1) is 8.80. The second kappa shape index (κ2) is 8.84. The monoisotopic (exact) mass is 271 g/mol. The molecule has 0 aliphatic heterocycles. The number of ether oxygens (including phenoxy) is 1. The Balaban J connectivity index is 2.36. The summed E-state index contributed by atoms with van der Waals surface area (Å²) in [7, 11) is 1.68. The maximum absolute atomic E-state index is 5.39. The quantitative estimate of drug-likeness (QED) is 0.223. The number of nitrogens with zero attached hydrogens (tertiary/aromatic N) is 2. The average molecular weight is 271 g/mol. The van der Waals surface area contributed by atoms with Crippen molar-refractivity contribution in [3.05, 3.63) is 16.1 Å². The Kier molecular flexibility index (Phi) is 7.31. The Hall–Kier alpha value is -1.18.